The molecule has 0 saturated heterocycles. The maximum Gasteiger partial charge on any atom is 0.417 e. The van der Waals surface area contributed by atoms with Gasteiger partial charge in [-0.25, -0.2) is 4.98 Å². The summed E-state index contributed by atoms with van der Waals surface area (Å²) >= 11 is 0. The van der Waals surface area contributed by atoms with E-state index in [1.54, 1.807) is 0 Å². The third-order valence-corrected chi connectivity index (χ3v) is 2.68. The predicted octanol–water partition coefficient (Wildman–Crippen LogP) is 3.55. The van der Waals surface area contributed by atoms with Crippen molar-refractivity contribution in [1.29, 1.82) is 5.26 Å². The number of pyridine rings is 1. The summed E-state index contributed by atoms with van der Waals surface area (Å²) in [5, 5.41) is 19.5. The van der Waals surface area contributed by atoms with E-state index in [0.29, 0.717) is 0 Å². The number of benzene rings is 1. The molecule has 21 heavy (non-hydrogen) atoms. The molecule has 2 aromatic rings. The van der Waals surface area contributed by atoms with Gasteiger partial charge in [-0.1, -0.05) is 18.2 Å². The molecule has 0 spiro atoms. The van der Waals surface area contributed by atoms with E-state index in [1.807, 2.05) is 0 Å². The van der Waals surface area contributed by atoms with Crippen LogP contribution in [0.4, 0.5) is 18.9 Å². The zero-order valence-corrected chi connectivity index (χ0v) is 10.3. The van der Waals surface area contributed by atoms with Crippen LogP contribution in [0.2, 0.25) is 0 Å². The highest BCUT2D eigenvalue weighted by molar-refractivity contribution is 5.66. The van der Waals surface area contributed by atoms with Gasteiger partial charge in [0.05, 0.1) is 16.2 Å². The summed E-state index contributed by atoms with van der Waals surface area (Å²) in [6, 6.07) is 8.25. The lowest BCUT2D eigenvalue weighted by Gasteiger charge is -2.12. The van der Waals surface area contributed by atoms with Crippen molar-refractivity contribution in [2.24, 2.45) is 0 Å². The van der Waals surface area contributed by atoms with Crippen molar-refractivity contribution in [2.75, 3.05) is 0 Å². The topological polar surface area (TPSA) is 79.8 Å². The number of hydrogen-bond donors (Lipinski definition) is 0. The maximum absolute atomic E-state index is 12.9. The van der Waals surface area contributed by atoms with Gasteiger partial charge in [-0.3, -0.25) is 10.1 Å². The molecule has 0 unspecified atom stereocenters. The minimum atomic E-state index is -4.59. The minimum absolute atomic E-state index is 0.148. The number of aromatic nitrogens is 1. The van der Waals surface area contributed by atoms with Crippen molar-refractivity contribution >= 4 is 5.69 Å². The fourth-order valence-corrected chi connectivity index (χ4v) is 1.79. The Labute approximate surface area is 116 Å². The molecule has 0 amide bonds. The highest BCUT2D eigenvalue weighted by Gasteiger charge is 2.34. The van der Waals surface area contributed by atoms with Crippen LogP contribution in [-0.2, 0) is 6.18 Å². The number of halogens is 3. The first-order valence-electron chi connectivity index (χ1n) is 5.56. The van der Waals surface area contributed by atoms with Gasteiger partial charge in [-0.15, -0.1) is 0 Å². The predicted molar refractivity (Wildman–Crippen MR) is 66.0 cm³/mol. The van der Waals surface area contributed by atoms with Crippen molar-refractivity contribution < 1.29 is 18.1 Å². The average Bonchev–Trinajstić information content (AvgIpc) is 2.45. The Kier molecular flexibility index (Phi) is 3.58. The average molecular weight is 293 g/mol. The van der Waals surface area contributed by atoms with Crippen LogP contribution in [0.5, 0.6) is 0 Å². The molecule has 2 rings (SSSR count). The Bertz CT molecular complexity index is 751. The summed E-state index contributed by atoms with van der Waals surface area (Å²) in [4.78, 5) is 13.5. The summed E-state index contributed by atoms with van der Waals surface area (Å²) in [5.41, 5.74) is -2.39. The van der Waals surface area contributed by atoms with Gasteiger partial charge in [0.1, 0.15) is 6.07 Å². The summed E-state index contributed by atoms with van der Waals surface area (Å²) in [7, 11) is 0. The lowest BCUT2D eigenvalue weighted by atomic mass is 10.0. The van der Waals surface area contributed by atoms with Gasteiger partial charge < -0.3 is 0 Å². The smallest absolute Gasteiger partial charge is 0.258 e. The number of nitriles is 1. The molecule has 0 atom stereocenters. The zero-order chi connectivity index (χ0) is 15.6. The van der Waals surface area contributed by atoms with Gasteiger partial charge in [-0.2, -0.15) is 18.4 Å². The fourth-order valence-electron chi connectivity index (χ4n) is 1.79. The van der Waals surface area contributed by atoms with Crippen molar-refractivity contribution in [3.8, 4) is 17.3 Å². The Balaban J connectivity index is 2.65. The van der Waals surface area contributed by atoms with Crippen LogP contribution >= 0.6 is 0 Å². The number of alkyl halides is 3. The van der Waals surface area contributed by atoms with Crippen LogP contribution < -0.4 is 0 Å². The normalized spacial score (nSPS) is 11.0. The van der Waals surface area contributed by atoms with E-state index in [0.717, 1.165) is 18.2 Å². The van der Waals surface area contributed by atoms with E-state index >= 15 is 0 Å². The Hall–Kier alpha value is -2.95. The fraction of sp³-hybridized carbons (Fsp3) is 0.0769. The van der Waals surface area contributed by atoms with Crippen LogP contribution in [0.15, 0.2) is 36.4 Å². The molecule has 1 heterocycles. The SMILES string of the molecule is N#Cc1nc(-c2ccccc2C(F)(F)F)ccc1[N+](=O)[O-]. The van der Waals surface area contributed by atoms with Crippen molar-refractivity contribution in [1.82, 2.24) is 4.98 Å². The summed E-state index contributed by atoms with van der Waals surface area (Å²) in [6.07, 6.45) is -4.59. The van der Waals surface area contributed by atoms with Crippen LogP contribution in [0.1, 0.15) is 11.3 Å². The van der Waals surface area contributed by atoms with Gasteiger partial charge in [-0.05, 0) is 12.1 Å². The molecule has 5 nitrogen and oxygen atoms in total. The Morgan fingerprint density at radius 2 is 1.86 bits per heavy atom. The second kappa shape index (κ2) is 5.20. The van der Waals surface area contributed by atoms with Gasteiger partial charge in [0.15, 0.2) is 0 Å². The molecule has 0 aliphatic carbocycles. The summed E-state index contributed by atoms with van der Waals surface area (Å²) in [6.45, 7) is 0. The molecule has 1 aromatic heterocycles. The molecule has 0 radical (unpaired) electrons. The standard InChI is InChI=1S/C13H6F3N3O2/c14-13(15,16)9-4-2-1-3-8(9)10-5-6-12(19(20)21)11(7-17)18-10/h1-6H. The third kappa shape index (κ3) is 2.81. The van der Waals surface area contributed by atoms with Crippen molar-refractivity contribution in [3.05, 3.63) is 57.8 Å². The molecule has 8 heteroatoms. The van der Waals surface area contributed by atoms with Crippen LogP contribution in [0, 0.1) is 21.4 Å². The van der Waals surface area contributed by atoms with Gasteiger partial charge >= 0.3 is 11.9 Å². The number of rotatable bonds is 2. The van der Waals surface area contributed by atoms with Crippen LogP contribution in [-0.4, -0.2) is 9.91 Å². The molecule has 0 saturated carbocycles. The first-order valence-corrected chi connectivity index (χ1v) is 5.56. The minimum Gasteiger partial charge on any atom is -0.258 e. The first kappa shape index (κ1) is 14.5. The molecule has 0 N–H and O–H groups in total. The number of nitrogens with zero attached hydrogens (tertiary/aromatic N) is 3. The Morgan fingerprint density at radius 3 is 2.43 bits per heavy atom. The summed E-state index contributed by atoms with van der Waals surface area (Å²) in [5.74, 6) is 0. The van der Waals surface area contributed by atoms with Crippen molar-refractivity contribution in [2.45, 2.75) is 6.18 Å². The molecular formula is C13H6F3N3O2. The Morgan fingerprint density at radius 1 is 1.19 bits per heavy atom. The second-order valence-electron chi connectivity index (χ2n) is 3.98. The monoisotopic (exact) mass is 293 g/mol. The van der Waals surface area contributed by atoms with E-state index in [9.17, 15) is 23.3 Å². The first-order chi connectivity index (χ1) is 9.84. The highest BCUT2D eigenvalue weighted by atomic mass is 19.4. The van der Waals surface area contributed by atoms with E-state index < -0.39 is 28.0 Å². The number of nitro groups is 1. The van der Waals surface area contributed by atoms with E-state index in [-0.39, 0.29) is 11.3 Å². The molecule has 0 bridgehead atoms. The molecular weight excluding hydrogens is 287 g/mol. The molecule has 106 valence electrons. The molecule has 0 aliphatic rings. The lowest BCUT2D eigenvalue weighted by Crippen LogP contribution is -2.07. The van der Waals surface area contributed by atoms with Gasteiger partial charge in [0.2, 0.25) is 5.69 Å². The van der Waals surface area contributed by atoms with E-state index in [1.165, 1.54) is 24.3 Å². The van der Waals surface area contributed by atoms with E-state index in [4.69, 9.17) is 5.26 Å². The van der Waals surface area contributed by atoms with Gasteiger partial charge in [0.25, 0.3) is 0 Å². The maximum atomic E-state index is 12.9. The summed E-state index contributed by atoms with van der Waals surface area (Å²) < 4.78 is 38.8. The van der Waals surface area contributed by atoms with Crippen LogP contribution in [0.25, 0.3) is 11.3 Å². The number of hydrogen-bond acceptors (Lipinski definition) is 4. The largest absolute Gasteiger partial charge is 0.417 e. The zero-order valence-electron chi connectivity index (χ0n) is 10.3. The van der Waals surface area contributed by atoms with Gasteiger partial charge in [0, 0.05) is 11.6 Å². The van der Waals surface area contributed by atoms with Crippen molar-refractivity contribution in [3.63, 3.8) is 0 Å². The quantitative estimate of drug-likeness (QED) is 0.626. The molecule has 1 aromatic carbocycles. The highest BCUT2D eigenvalue weighted by Crippen LogP contribution is 2.36. The third-order valence-electron chi connectivity index (χ3n) is 2.68. The molecule has 0 fully saturated rings. The molecule has 0 aliphatic heterocycles. The lowest BCUT2D eigenvalue weighted by molar-refractivity contribution is -0.385. The second-order valence-corrected chi connectivity index (χ2v) is 3.98. The van der Waals surface area contributed by atoms with E-state index in [2.05, 4.69) is 4.98 Å². The van der Waals surface area contributed by atoms with Crippen LogP contribution in [0.3, 0.4) is 0 Å².